The van der Waals surface area contributed by atoms with Gasteiger partial charge in [0.15, 0.2) is 0 Å². The number of nitrogens with zero attached hydrogens (tertiary/aromatic N) is 3. The monoisotopic (exact) mass is 388 g/mol. The van der Waals surface area contributed by atoms with Gasteiger partial charge in [-0.1, -0.05) is 12.1 Å². The number of hydrogen-bond donors (Lipinski definition) is 1. The lowest BCUT2D eigenvalue weighted by Crippen LogP contribution is -2.34. The molecule has 0 bridgehead atoms. The molecule has 28 heavy (non-hydrogen) atoms. The van der Waals surface area contributed by atoms with Gasteiger partial charge in [0.1, 0.15) is 5.76 Å². The number of hydrogen-bond acceptors (Lipinski definition) is 4. The summed E-state index contributed by atoms with van der Waals surface area (Å²) < 4.78 is 31.8. The van der Waals surface area contributed by atoms with Crippen molar-refractivity contribution in [3.8, 4) is 11.1 Å². The molecule has 0 aliphatic carbocycles. The number of alkyl halides is 2. The average molecular weight is 388 g/mol. The fourth-order valence-electron chi connectivity index (χ4n) is 3.00. The number of rotatable bonds is 7. The third kappa shape index (κ3) is 4.28. The van der Waals surface area contributed by atoms with Crippen LogP contribution in [0.25, 0.3) is 11.1 Å². The minimum Gasteiger partial charge on any atom is -0.468 e. The zero-order valence-electron chi connectivity index (χ0n) is 15.9. The highest BCUT2D eigenvalue weighted by Crippen LogP contribution is 2.25. The van der Waals surface area contributed by atoms with E-state index in [2.05, 4.69) is 10.4 Å². The van der Waals surface area contributed by atoms with Crippen molar-refractivity contribution < 1.29 is 18.0 Å². The molecule has 2 heterocycles. The van der Waals surface area contributed by atoms with Gasteiger partial charge >= 0.3 is 6.55 Å². The van der Waals surface area contributed by atoms with Gasteiger partial charge in [-0.15, -0.1) is 0 Å². The Morgan fingerprint density at radius 3 is 2.68 bits per heavy atom. The summed E-state index contributed by atoms with van der Waals surface area (Å²) in [6.45, 7) is -0.679. The highest BCUT2D eigenvalue weighted by molar-refractivity contribution is 5.95. The molecule has 0 saturated heterocycles. The fourth-order valence-corrected chi connectivity index (χ4v) is 3.00. The summed E-state index contributed by atoms with van der Waals surface area (Å²) in [4.78, 5) is 14.6. The molecule has 1 amide bonds. The number of amides is 1. The first-order valence-corrected chi connectivity index (χ1v) is 8.79. The van der Waals surface area contributed by atoms with Crippen LogP contribution >= 0.6 is 0 Å². The van der Waals surface area contributed by atoms with Crippen LogP contribution < -0.4 is 5.32 Å². The van der Waals surface area contributed by atoms with Crippen molar-refractivity contribution in [2.45, 2.75) is 19.5 Å². The smallest absolute Gasteiger partial charge is 0.333 e. The minimum absolute atomic E-state index is 0.103. The highest BCUT2D eigenvalue weighted by Gasteiger charge is 2.19. The lowest BCUT2D eigenvalue weighted by Gasteiger charge is -2.22. The van der Waals surface area contributed by atoms with Crippen LogP contribution in [0.1, 0.15) is 34.4 Å². The second-order valence-corrected chi connectivity index (χ2v) is 6.67. The Morgan fingerprint density at radius 1 is 1.29 bits per heavy atom. The quantitative estimate of drug-likeness (QED) is 0.667. The van der Waals surface area contributed by atoms with Crippen LogP contribution in [-0.4, -0.2) is 41.2 Å². The number of likely N-dealkylation sites (N-methyl/N-ethyl adjacent to an activating group) is 1. The molecule has 2 aromatic heterocycles. The van der Waals surface area contributed by atoms with E-state index < -0.39 is 6.55 Å². The number of aryl methyl sites for hydroxylation is 1. The van der Waals surface area contributed by atoms with Gasteiger partial charge in [0.2, 0.25) is 0 Å². The average Bonchev–Trinajstić information content (AvgIpc) is 3.31. The van der Waals surface area contributed by atoms with Crippen LogP contribution in [0.4, 0.5) is 8.78 Å². The second-order valence-electron chi connectivity index (χ2n) is 6.67. The third-order valence-electron chi connectivity index (χ3n) is 4.50. The fraction of sp³-hybridized carbons (Fsp3) is 0.300. The molecule has 0 spiro atoms. The van der Waals surface area contributed by atoms with Gasteiger partial charge in [-0.25, -0.2) is 4.68 Å². The lowest BCUT2D eigenvalue weighted by atomic mass is 10.0. The molecule has 0 aliphatic heterocycles. The standard InChI is InChI=1S/C20H22F2N4O2/c1-13-16(12-26(24-13)20(21)22)14-6-4-7-15(10-14)19(27)23-11-17(25(2)3)18-8-5-9-28-18/h4-10,12,17,20H,11H2,1-3H3,(H,23,27)/t17-/m1/s1. The predicted octanol–water partition coefficient (Wildman–Crippen LogP) is 3.88. The summed E-state index contributed by atoms with van der Waals surface area (Å²) in [5.41, 5.74) is 2.14. The molecule has 3 rings (SSSR count). The zero-order valence-corrected chi connectivity index (χ0v) is 15.9. The van der Waals surface area contributed by atoms with Crippen molar-refractivity contribution in [2.75, 3.05) is 20.6 Å². The highest BCUT2D eigenvalue weighted by atomic mass is 19.3. The van der Waals surface area contributed by atoms with Crippen molar-refractivity contribution in [3.63, 3.8) is 0 Å². The van der Waals surface area contributed by atoms with Crippen LogP contribution in [0.3, 0.4) is 0 Å². The summed E-state index contributed by atoms with van der Waals surface area (Å²) in [6, 6.07) is 10.4. The number of aromatic nitrogens is 2. The third-order valence-corrected chi connectivity index (χ3v) is 4.50. The summed E-state index contributed by atoms with van der Waals surface area (Å²) in [5.74, 6) is 0.508. The Balaban J connectivity index is 1.75. The minimum atomic E-state index is -2.71. The SMILES string of the molecule is Cc1nn(C(F)F)cc1-c1cccc(C(=O)NC[C@H](c2ccco2)N(C)C)c1. The summed E-state index contributed by atoms with van der Waals surface area (Å²) in [5, 5.41) is 6.72. The molecule has 0 fully saturated rings. The summed E-state index contributed by atoms with van der Waals surface area (Å²) in [7, 11) is 3.81. The van der Waals surface area contributed by atoms with E-state index in [1.165, 1.54) is 6.20 Å². The van der Waals surface area contributed by atoms with Crippen LogP contribution in [0.15, 0.2) is 53.3 Å². The Bertz CT molecular complexity index is 936. The number of furan rings is 1. The van der Waals surface area contributed by atoms with Gasteiger partial charge in [0.05, 0.1) is 18.0 Å². The van der Waals surface area contributed by atoms with Crippen LogP contribution in [0.2, 0.25) is 0 Å². The number of nitrogens with one attached hydrogen (secondary N) is 1. The first-order valence-electron chi connectivity index (χ1n) is 8.79. The Kier molecular flexibility index (Phi) is 5.89. The maximum atomic E-state index is 12.9. The van der Waals surface area contributed by atoms with E-state index in [9.17, 15) is 13.6 Å². The molecule has 1 aromatic carbocycles. The first-order chi connectivity index (χ1) is 13.4. The van der Waals surface area contributed by atoms with Crippen molar-refractivity contribution in [1.29, 1.82) is 0 Å². The van der Waals surface area contributed by atoms with E-state index >= 15 is 0 Å². The van der Waals surface area contributed by atoms with E-state index in [1.807, 2.05) is 25.1 Å². The van der Waals surface area contributed by atoms with Gasteiger partial charge in [-0.05, 0) is 50.8 Å². The van der Waals surface area contributed by atoms with E-state index in [-0.39, 0.29) is 11.9 Å². The lowest BCUT2D eigenvalue weighted by molar-refractivity contribution is 0.0563. The van der Waals surface area contributed by atoms with E-state index in [0.29, 0.717) is 33.6 Å². The van der Waals surface area contributed by atoms with Crippen molar-refractivity contribution in [2.24, 2.45) is 0 Å². The van der Waals surface area contributed by atoms with E-state index in [1.54, 1.807) is 43.5 Å². The molecule has 6 nitrogen and oxygen atoms in total. The molecule has 1 N–H and O–H groups in total. The van der Waals surface area contributed by atoms with Crippen LogP contribution in [0.5, 0.6) is 0 Å². The zero-order chi connectivity index (χ0) is 20.3. The van der Waals surface area contributed by atoms with Crippen LogP contribution in [-0.2, 0) is 0 Å². The van der Waals surface area contributed by atoms with Crippen molar-refractivity contribution in [3.05, 3.63) is 65.9 Å². The molecule has 0 radical (unpaired) electrons. The molecule has 8 heteroatoms. The molecular weight excluding hydrogens is 366 g/mol. The Morgan fingerprint density at radius 2 is 2.07 bits per heavy atom. The predicted molar refractivity (Wildman–Crippen MR) is 101 cm³/mol. The van der Waals surface area contributed by atoms with E-state index in [0.717, 1.165) is 5.76 Å². The largest absolute Gasteiger partial charge is 0.468 e. The topological polar surface area (TPSA) is 63.3 Å². The molecule has 0 unspecified atom stereocenters. The summed E-state index contributed by atoms with van der Waals surface area (Å²) >= 11 is 0. The van der Waals surface area contributed by atoms with Gasteiger partial charge < -0.3 is 9.73 Å². The van der Waals surface area contributed by atoms with Gasteiger partial charge in [-0.3, -0.25) is 9.69 Å². The first kappa shape index (κ1) is 19.8. The molecule has 1 atom stereocenters. The number of halogens is 2. The number of benzene rings is 1. The number of carbonyl (C=O) groups excluding carboxylic acids is 1. The summed E-state index contributed by atoms with van der Waals surface area (Å²) in [6.07, 6.45) is 2.88. The van der Waals surface area contributed by atoms with Gasteiger partial charge in [0.25, 0.3) is 5.91 Å². The Hall–Kier alpha value is -3.00. The van der Waals surface area contributed by atoms with Gasteiger partial charge in [-0.2, -0.15) is 13.9 Å². The second kappa shape index (κ2) is 8.35. The van der Waals surface area contributed by atoms with Gasteiger partial charge in [0, 0.05) is 23.9 Å². The molecule has 148 valence electrons. The molecule has 0 saturated carbocycles. The maximum Gasteiger partial charge on any atom is 0.333 e. The molecule has 3 aromatic rings. The van der Waals surface area contributed by atoms with Crippen molar-refractivity contribution in [1.82, 2.24) is 20.0 Å². The maximum absolute atomic E-state index is 12.9. The normalized spacial score (nSPS) is 12.5. The molecular formula is C20H22F2N4O2. The Labute approximate surface area is 161 Å². The van der Waals surface area contributed by atoms with Crippen LogP contribution in [0, 0.1) is 6.92 Å². The number of carbonyl (C=O) groups is 1. The van der Waals surface area contributed by atoms with E-state index in [4.69, 9.17) is 4.42 Å². The van der Waals surface area contributed by atoms with Crippen molar-refractivity contribution >= 4 is 5.91 Å². The molecule has 0 aliphatic rings.